The average Bonchev–Trinajstić information content (AvgIpc) is 2.36. The first-order valence-electron chi connectivity index (χ1n) is 7.29. The molecule has 112 valence electrons. The highest BCUT2D eigenvalue weighted by atomic mass is 16.2. The van der Waals surface area contributed by atoms with Crippen LogP contribution in [-0.4, -0.2) is 87.6 Å². The molecule has 19 heavy (non-hydrogen) atoms. The molecule has 0 aromatic rings. The molecule has 1 rings (SSSR count). The number of nitrogens with zero attached hydrogens (tertiary/aromatic N) is 3. The Kier molecular flexibility index (Phi) is 7.34. The van der Waals surface area contributed by atoms with E-state index in [0.29, 0.717) is 12.6 Å². The predicted octanol–water partition coefficient (Wildman–Crippen LogP) is 0.0803. The SMILES string of the molecule is CN(C)CCCNC1CCN(CC(=O)N(C)C)CC1. The molecule has 5 heteroatoms. The summed E-state index contributed by atoms with van der Waals surface area (Å²) in [4.78, 5) is 17.8. The van der Waals surface area contributed by atoms with Gasteiger partial charge in [0.05, 0.1) is 6.54 Å². The highest BCUT2D eigenvalue weighted by Gasteiger charge is 2.20. The second-order valence-electron chi connectivity index (χ2n) is 5.95. The van der Waals surface area contributed by atoms with Crippen molar-refractivity contribution in [1.82, 2.24) is 20.0 Å². The molecule has 1 amide bonds. The van der Waals surface area contributed by atoms with Gasteiger partial charge in [-0.05, 0) is 46.4 Å². The summed E-state index contributed by atoms with van der Waals surface area (Å²) in [6, 6.07) is 0.632. The van der Waals surface area contributed by atoms with Crippen LogP contribution in [0.4, 0.5) is 0 Å². The number of piperidine rings is 1. The van der Waals surface area contributed by atoms with Crippen molar-refractivity contribution in [1.29, 1.82) is 0 Å². The first-order chi connectivity index (χ1) is 8.99. The standard InChI is InChI=1S/C14H30N4O/c1-16(2)9-5-8-15-13-6-10-18(11-7-13)12-14(19)17(3)4/h13,15H,5-12H2,1-4H3. The molecule has 1 N–H and O–H groups in total. The van der Waals surface area contributed by atoms with E-state index in [-0.39, 0.29) is 5.91 Å². The van der Waals surface area contributed by atoms with Gasteiger partial charge in [0.25, 0.3) is 0 Å². The lowest BCUT2D eigenvalue weighted by Crippen LogP contribution is -2.46. The summed E-state index contributed by atoms with van der Waals surface area (Å²) < 4.78 is 0. The Labute approximate surface area is 117 Å². The van der Waals surface area contributed by atoms with Crippen LogP contribution >= 0.6 is 0 Å². The molecule has 0 aromatic heterocycles. The van der Waals surface area contributed by atoms with Crippen molar-refractivity contribution in [2.24, 2.45) is 0 Å². The fourth-order valence-corrected chi connectivity index (χ4v) is 2.33. The van der Waals surface area contributed by atoms with E-state index >= 15 is 0 Å². The normalized spacial score (nSPS) is 17.9. The van der Waals surface area contributed by atoms with Crippen molar-refractivity contribution in [3.8, 4) is 0 Å². The fourth-order valence-electron chi connectivity index (χ4n) is 2.33. The van der Waals surface area contributed by atoms with Crippen LogP contribution in [0.1, 0.15) is 19.3 Å². The van der Waals surface area contributed by atoms with Gasteiger partial charge in [0, 0.05) is 33.2 Å². The summed E-state index contributed by atoms with van der Waals surface area (Å²) in [6.07, 6.45) is 3.51. The molecule has 5 nitrogen and oxygen atoms in total. The molecule has 0 unspecified atom stereocenters. The molecule has 0 saturated carbocycles. The maximum Gasteiger partial charge on any atom is 0.236 e. The smallest absolute Gasteiger partial charge is 0.236 e. The van der Waals surface area contributed by atoms with E-state index in [1.54, 1.807) is 4.90 Å². The average molecular weight is 270 g/mol. The molecule has 1 aliphatic rings. The van der Waals surface area contributed by atoms with E-state index in [9.17, 15) is 4.79 Å². The minimum Gasteiger partial charge on any atom is -0.348 e. The van der Waals surface area contributed by atoms with Crippen LogP contribution in [0.25, 0.3) is 0 Å². The number of likely N-dealkylation sites (tertiary alicyclic amines) is 1. The number of carbonyl (C=O) groups is 1. The van der Waals surface area contributed by atoms with E-state index in [0.717, 1.165) is 39.0 Å². The van der Waals surface area contributed by atoms with E-state index in [2.05, 4.69) is 29.2 Å². The summed E-state index contributed by atoms with van der Waals surface area (Å²) in [5.41, 5.74) is 0. The van der Waals surface area contributed by atoms with Gasteiger partial charge in [-0.25, -0.2) is 0 Å². The Morgan fingerprint density at radius 3 is 2.37 bits per heavy atom. The number of carbonyl (C=O) groups excluding carboxylic acids is 1. The minimum atomic E-state index is 0.206. The van der Waals surface area contributed by atoms with Crippen LogP contribution in [-0.2, 0) is 4.79 Å². The van der Waals surface area contributed by atoms with Crippen molar-refractivity contribution in [3.05, 3.63) is 0 Å². The van der Waals surface area contributed by atoms with Crippen LogP contribution in [0, 0.1) is 0 Å². The summed E-state index contributed by atoms with van der Waals surface area (Å²) in [6.45, 7) is 4.87. The van der Waals surface area contributed by atoms with Crippen LogP contribution in [0.2, 0.25) is 0 Å². The first kappa shape index (κ1) is 16.4. The molecule has 0 aromatic carbocycles. The summed E-state index contributed by atoms with van der Waals surface area (Å²) in [7, 11) is 7.86. The van der Waals surface area contributed by atoms with E-state index in [1.807, 2.05) is 14.1 Å². The number of hydrogen-bond acceptors (Lipinski definition) is 4. The lowest BCUT2D eigenvalue weighted by atomic mass is 10.0. The third-order valence-corrected chi connectivity index (χ3v) is 3.66. The van der Waals surface area contributed by atoms with Crippen LogP contribution in [0.15, 0.2) is 0 Å². The Bertz CT molecular complexity index is 260. The maximum absolute atomic E-state index is 11.6. The second kappa shape index (κ2) is 8.51. The largest absolute Gasteiger partial charge is 0.348 e. The lowest BCUT2D eigenvalue weighted by Gasteiger charge is -2.32. The molecule has 0 bridgehead atoms. The zero-order valence-corrected chi connectivity index (χ0v) is 13.0. The number of likely N-dealkylation sites (N-methyl/N-ethyl adjacent to an activating group) is 1. The lowest BCUT2D eigenvalue weighted by molar-refractivity contribution is -0.130. The van der Waals surface area contributed by atoms with Crippen LogP contribution < -0.4 is 5.32 Å². The summed E-state index contributed by atoms with van der Waals surface area (Å²) in [5.74, 6) is 0.206. The monoisotopic (exact) mass is 270 g/mol. The molecule has 1 fully saturated rings. The van der Waals surface area contributed by atoms with Gasteiger partial charge >= 0.3 is 0 Å². The quantitative estimate of drug-likeness (QED) is 0.665. The number of amides is 1. The van der Waals surface area contributed by atoms with Gasteiger partial charge in [-0.2, -0.15) is 0 Å². The highest BCUT2D eigenvalue weighted by molar-refractivity contribution is 5.77. The van der Waals surface area contributed by atoms with Crippen molar-refractivity contribution in [2.45, 2.75) is 25.3 Å². The van der Waals surface area contributed by atoms with Crippen molar-refractivity contribution in [3.63, 3.8) is 0 Å². The Balaban J connectivity index is 2.10. The zero-order chi connectivity index (χ0) is 14.3. The number of rotatable bonds is 7. The first-order valence-corrected chi connectivity index (χ1v) is 7.29. The van der Waals surface area contributed by atoms with E-state index in [1.165, 1.54) is 6.42 Å². The van der Waals surface area contributed by atoms with Crippen molar-refractivity contribution in [2.75, 3.05) is 60.9 Å². The fraction of sp³-hybridized carbons (Fsp3) is 0.929. The van der Waals surface area contributed by atoms with Gasteiger partial charge in [0.15, 0.2) is 0 Å². The molecule has 0 atom stereocenters. The Morgan fingerprint density at radius 2 is 1.84 bits per heavy atom. The van der Waals surface area contributed by atoms with E-state index < -0.39 is 0 Å². The van der Waals surface area contributed by atoms with Gasteiger partial charge < -0.3 is 15.1 Å². The third kappa shape index (κ3) is 6.89. The van der Waals surface area contributed by atoms with Crippen molar-refractivity contribution < 1.29 is 4.79 Å². The van der Waals surface area contributed by atoms with Crippen LogP contribution in [0.3, 0.4) is 0 Å². The second-order valence-corrected chi connectivity index (χ2v) is 5.95. The Morgan fingerprint density at radius 1 is 1.21 bits per heavy atom. The zero-order valence-electron chi connectivity index (χ0n) is 13.0. The molecular formula is C14H30N4O. The molecule has 1 heterocycles. The van der Waals surface area contributed by atoms with Gasteiger partial charge in [-0.15, -0.1) is 0 Å². The predicted molar refractivity (Wildman–Crippen MR) is 79.3 cm³/mol. The van der Waals surface area contributed by atoms with Gasteiger partial charge in [0.2, 0.25) is 5.91 Å². The topological polar surface area (TPSA) is 38.8 Å². The highest BCUT2D eigenvalue weighted by Crippen LogP contribution is 2.10. The maximum atomic E-state index is 11.6. The summed E-state index contributed by atoms with van der Waals surface area (Å²) >= 11 is 0. The van der Waals surface area contributed by atoms with Gasteiger partial charge in [-0.1, -0.05) is 0 Å². The molecule has 0 radical (unpaired) electrons. The molecular weight excluding hydrogens is 240 g/mol. The number of hydrogen-bond donors (Lipinski definition) is 1. The Hall–Kier alpha value is -0.650. The molecule has 1 saturated heterocycles. The molecule has 0 aliphatic carbocycles. The van der Waals surface area contributed by atoms with E-state index in [4.69, 9.17) is 0 Å². The number of nitrogens with one attached hydrogen (secondary N) is 1. The summed E-state index contributed by atoms with van der Waals surface area (Å²) in [5, 5.41) is 3.62. The molecule has 0 spiro atoms. The molecule has 1 aliphatic heterocycles. The van der Waals surface area contributed by atoms with Crippen LogP contribution in [0.5, 0.6) is 0 Å². The van der Waals surface area contributed by atoms with Gasteiger partial charge in [-0.3, -0.25) is 9.69 Å². The minimum absolute atomic E-state index is 0.206. The third-order valence-electron chi connectivity index (χ3n) is 3.66. The van der Waals surface area contributed by atoms with Crippen molar-refractivity contribution >= 4 is 5.91 Å². The van der Waals surface area contributed by atoms with Gasteiger partial charge in [0.1, 0.15) is 0 Å².